The van der Waals surface area contributed by atoms with Crippen LogP contribution >= 0.6 is 0 Å². The predicted molar refractivity (Wildman–Crippen MR) is 99.1 cm³/mol. The normalized spacial score (nSPS) is 11.5. The highest BCUT2D eigenvalue weighted by molar-refractivity contribution is 5.95. The van der Waals surface area contributed by atoms with Gasteiger partial charge in [-0.05, 0) is 31.9 Å². The van der Waals surface area contributed by atoms with Crippen LogP contribution in [0.5, 0.6) is 0 Å². The largest absolute Gasteiger partial charge is 0.345 e. The van der Waals surface area contributed by atoms with Gasteiger partial charge in [0, 0.05) is 18.2 Å². The van der Waals surface area contributed by atoms with Gasteiger partial charge in [0.25, 0.3) is 0 Å². The molecule has 0 heterocycles. The molecule has 0 fully saturated rings. The monoisotopic (exact) mass is 347 g/mol. The minimum absolute atomic E-state index is 0.0190. The molecule has 3 amide bonds. The first-order chi connectivity index (χ1) is 11.9. The van der Waals surface area contributed by atoms with E-state index in [0.717, 1.165) is 18.4 Å². The van der Waals surface area contributed by atoms with Crippen molar-refractivity contribution >= 4 is 23.4 Å². The van der Waals surface area contributed by atoms with E-state index in [-0.39, 0.29) is 36.7 Å². The molecule has 0 aliphatic heterocycles. The maximum atomic E-state index is 12.3. The Morgan fingerprint density at radius 1 is 1.08 bits per heavy atom. The third-order valence-electron chi connectivity index (χ3n) is 3.96. The van der Waals surface area contributed by atoms with Crippen molar-refractivity contribution in [3.05, 3.63) is 29.8 Å². The van der Waals surface area contributed by atoms with Gasteiger partial charge in [0.05, 0.1) is 13.1 Å². The smallest absolute Gasteiger partial charge is 0.243 e. The summed E-state index contributed by atoms with van der Waals surface area (Å²) in [5, 5.41) is 5.29. The van der Waals surface area contributed by atoms with Crippen molar-refractivity contribution in [2.45, 2.75) is 40.5 Å². The van der Waals surface area contributed by atoms with E-state index in [9.17, 15) is 14.4 Å². The first-order valence-electron chi connectivity index (χ1n) is 8.79. The first kappa shape index (κ1) is 20.7. The Morgan fingerprint density at radius 2 is 1.72 bits per heavy atom. The van der Waals surface area contributed by atoms with Crippen molar-refractivity contribution in [1.29, 1.82) is 0 Å². The lowest BCUT2D eigenvalue weighted by Gasteiger charge is -2.24. The highest BCUT2D eigenvalue weighted by Crippen LogP contribution is 2.08. The highest BCUT2D eigenvalue weighted by atomic mass is 16.2. The van der Waals surface area contributed by atoms with E-state index < -0.39 is 0 Å². The zero-order valence-corrected chi connectivity index (χ0v) is 15.6. The Labute approximate surface area is 150 Å². The summed E-state index contributed by atoms with van der Waals surface area (Å²) in [6.07, 6.45) is 1.52. The molecular weight excluding hydrogens is 318 g/mol. The minimum Gasteiger partial charge on any atom is -0.345 e. The molecule has 0 radical (unpaired) electrons. The van der Waals surface area contributed by atoms with Crippen molar-refractivity contribution in [2.75, 3.05) is 25.0 Å². The van der Waals surface area contributed by atoms with Crippen molar-refractivity contribution < 1.29 is 14.4 Å². The van der Waals surface area contributed by atoms with Crippen molar-refractivity contribution in [3.63, 3.8) is 0 Å². The summed E-state index contributed by atoms with van der Waals surface area (Å²) in [6, 6.07) is 7.42. The van der Waals surface area contributed by atoms with Crippen LogP contribution in [0.4, 0.5) is 5.69 Å². The Bertz CT molecular complexity index is 584. The second-order valence-corrected chi connectivity index (χ2v) is 6.26. The average Bonchev–Trinajstić information content (AvgIpc) is 2.60. The van der Waals surface area contributed by atoms with Gasteiger partial charge in [0.1, 0.15) is 0 Å². The lowest BCUT2D eigenvalue weighted by atomic mass is 10.1. The third kappa shape index (κ3) is 7.37. The highest BCUT2D eigenvalue weighted by Gasteiger charge is 2.21. The van der Waals surface area contributed by atoms with Crippen LogP contribution in [0.25, 0.3) is 0 Å². The zero-order valence-electron chi connectivity index (χ0n) is 15.6. The molecular formula is C19H29N3O3. The van der Waals surface area contributed by atoms with Gasteiger partial charge in [-0.15, -0.1) is 0 Å². The number of hydrogen-bond donors (Lipinski definition) is 2. The van der Waals surface area contributed by atoms with Gasteiger partial charge in [0.15, 0.2) is 0 Å². The van der Waals surface area contributed by atoms with Gasteiger partial charge >= 0.3 is 0 Å². The third-order valence-corrected chi connectivity index (χ3v) is 3.96. The van der Waals surface area contributed by atoms with Crippen molar-refractivity contribution in [2.24, 2.45) is 5.92 Å². The summed E-state index contributed by atoms with van der Waals surface area (Å²) >= 11 is 0. The van der Waals surface area contributed by atoms with Crippen LogP contribution in [-0.2, 0) is 14.4 Å². The van der Waals surface area contributed by atoms with E-state index in [1.54, 1.807) is 4.90 Å². The fourth-order valence-electron chi connectivity index (χ4n) is 2.27. The number of hydrogen-bond acceptors (Lipinski definition) is 3. The average molecular weight is 347 g/mol. The minimum atomic E-state index is -0.329. The summed E-state index contributed by atoms with van der Waals surface area (Å²) in [5.41, 5.74) is 1.79. The molecule has 0 bridgehead atoms. The molecule has 1 rings (SSSR count). The van der Waals surface area contributed by atoms with Crippen LogP contribution in [0.2, 0.25) is 0 Å². The van der Waals surface area contributed by atoms with E-state index in [1.807, 2.05) is 52.0 Å². The molecule has 1 aromatic rings. The van der Waals surface area contributed by atoms with Crippen LogP contribution in [0, 0.1) is 12.8 Å². The SMILES string of the molecule is CCCN(CC(=O)NCC(=O)Nc1ccc(C)cc1)C(=O)[C@@H](C)CC. The summed E-state index contributed by atoms with van der Waals surface area (Å²) in [7, 11) is 0. The van der Waals surface area contributed by atoms with E-state index in [2.05, 4.69) is 10.6 Å². The van der Waals surface area contributed by atoms with E-state index in [0.29, 0.717) is 12.2 Å². The maximum Gasteiger partial charge on any atom is 0.243 e. The van der Waals surface area contributed by atoms with Crippen LogP contribution in [0.1, 0.15) is 39.2 Å². The van der Waals surface area contributed by atoms with Gasteiger partial charge in [-0.25, -0.2) is 0 Å². The van der Waals surface area contributed by atoms with Crippen LogP contribution in [0.3, 0.4) is 0 Å². The van der Waals surface area contributed by atoms with Crippen LogP contribution < -0.4 is 10.6 Å². The number of aryl methyl sites for hydroxylation is 1. The second kappa shape index (κ2) is 10.5. The lowest BCUT2D eigenvalue weighted by Crippen LogP contribution is -2.44. The number of carbonyl (C=O) groups excluding carboxylic acids is 3. The molecule has 1 atom stereocenters. The molecule has 0 spiro atoms. The number of benzene rings is 1. The molecule has 0 unspecified atom stereocenters. The number of anilines is 1. The number of nitrogens with zero attached hydrogens (tertiary/aromatic N) is 1. The van der Waals surface area contributed by atoms with Crippen LogP contribution in [-0.4, -0.2) is 42.3 Å². The molecule has 2 N–H and O–H groups in total. The molecule has 138 valence electrons. The molecule has 0 aliphatic rings. The standard InChI is InChI=1S/C19H29N3O3/c1-5-11-22(19(25)15(4)6-2)13-18(24)20-12-17(23)21-16-9-7-14(3)8-10-16/h7-10,15H,5-6,11-13H2,1-4H3,(H,20,24)(H,21,23)/t15-/m0/s1. The summed E-state index contributed by atoms with van der Waals surface area (Å²) < 4.78 is 0. The van der Waals surface area contributed by atoms with Gasteiger partial charge in [0.2, 0.25) is 17.7 Å². The zero-order chi connectivity index (χ0) is 18.8. The molecule has 0 aliphatic carbocycles. The van der Waals surface area contributed by atoms with Crippen molar-refractivity contribution in [3.8, 4) is 0 Å². The number of amides is 3. The fraction of sp³-hybridized carbons (Fsp3) is 0.526. The number of carbonyl (C=O) groups is 3. The topological polar surface area (TPSA) is 78.5 Å². The lowest BCUT2D eigenvalue weighted by molar-refractivity contribution is -0.139. The Hall–Kier alpha value is -2.37. The number of nitrogens with one attached hydrogen (secondary N) is 2. The quantitative estimate of drug-likeness (QED) is 0.720. The molecule has 1 aromatic carbocycles. The molecule has 0 saturated heterocycles. The van der Waals surface area contributed by atoms with E-state index in [4.69, 9.17) is 0 Å². The summed E-state index contributed by atoms with van der Waals surface area (Å²) in [5.74, 6) is -0.760. The van der Waals surface area contributed by atoms with Gasteiger partial charge < -0.3 is 15.5 Å². The van der Waals surface area contributed by atoms with Crippen molar-refractivity contribution in [1.82, 2.24) is 10.2 Å². The molecule has 6 nitrogen and oxygen atoms in total. The summed E-state index contributed by atoms with van der Waals surface area (Å²) in [6.45, 7) is 8.13. The fourth-order valence-corrected chi connectivity index (χ4v) is 2.27. The van der Waals surface area contributed by atoms with Gasteiger partial charge in [-0.3, -0.25) is 14.4 Å². The molecule has 25 heavy (non-hydrogen) atoms. The predicted octanol–water partition coefficient (Wildman–Crippen LogP) is 2.33. The van der Waals surface area contributed by atoms with Crippen LogP contribution in [0.15, 0.2) is 24.3 Å². The summed E-state index contributed by atoms with van der Waals surface area (Å²) in [4.78, 5) is 37.8. The Kier molecular flexibility index (Phi) is 8.67. The second-order valence-electron chi connectivity index (χ2n) is 6.26. The molecule has 0 aromatic heterocycles. The maximum absolute atomic E-state index is 12.3. The molecule has 6 heteroatoms. The Morgan fingerprint density at radius 3 is 2.28 bits per heavy atom. The number of rotatable bonds is 9. The molecule has 0 saturated carbocycles. The van der Waals surface area contributed by atoms with Gasteiger partial charge in [-0.2, -0.15) is 0 Å². The Balaban J connectivity index is 2.47. The van der Waals surface area contributed by atoms with Gasteiger partial charge in [-0.1, -0.05) is 38.5 Å². The van der Waals surface area contributed by atoms with E-state index in [1.165, 1.54) is 0 Å². The van der Waals surface area contributed by atoms with E-state index >= 15 is 0 Å². The first-order valence-corrected chi connectivity index (χ1v) is 8.79.